The Morgan fingerprint density at radius 2 is 1.47 bits per heavy atom. The van der Waals surface area contributed by atoms with E-state index in [-0.39, 0.29) is 25.3 Å². The first-order valence-corrected chi connectivity index (χ1v) is 16.7. The second kappa shape index (κ2) is 23.5. The van der Waals surface area contributed by atoms with Crippen molar-refractivity contribution in [3.05, 3.63) is 63.2 Å². The van der Waals surface area contributed by atoms with E-state index in [0.717, 1.165) is 18.5 Å². The lowest BCUT2D eigenvalue weighted by Gasteiger charge is -2.18. The highest BCUT2D eigenvalue weighted by Gasteiger charge is 2.15. The Bertz CT molecular complexity index is 1100. The topological polar surface area (TPSA) is 104 Å². The summed E-state index contributed by atoms with van der Waals surface area (Å²) in [7, 11) is 1.50. The maximum absolute atomic E-state index is 12.9. The van der Waals surface area contributed by atoms with Gasteiger partial charge in [-0.2, -0.15) is 0 Å². The average Bonchev–Trinajstić information content (AvgIpc) is 3.02. The number of pyridine rings is 1. The minimum atomic E-state index is -0.527. The van der Waals surface area contributed by atoms with Gasteiger partial charge >= 0.3 is 11.8 Å². The van der Waals surface area contributed by atoms with Gasteiger partial charge in [-0.05, 0) is 18.6 Å². The molecule has 0 bridgehead atoms. The fraction of sp³-hybridized carbons (Fsp3) is 0.706. The van der Waals surface area contributed by atoms with E-state index in [1.165, 1.54) is 118 Å². The first-order chi connectivity index (χ1) is 21.0. The van der Waals surface area contributed by atoms with Crippen LogP contribution in [0.3, 0.4) is 0 Å². The fourth-order valence-corrected chi connectivity index (χ4v) is 5.17. The molecule has 1 N–H and O–H groups in total. The van der Waals surface area contributed by atoms with E-state index in [0.29, 0.717) is 13.0 Å². The van der Waals surface area contributed by atoms with Crippen molar-refractivity contribution in [2.24, 2.45) is 0 Å². The number of hydrogen-bond donors (Lipinski definition) is 1. The number of ether oxygens (including phenoxy) is 2. The summed E-state index contributed by atoms with van der Waals surface area (Å²) in [6.07, 6.45) is 23.6. The molecule has 2 rings (SSSR count). The molecule has 2 aromatic heterocycles. The molecule has 1 atom stereocenters. The van der Waals surface area contributed by atoms with Gasteiger partial charge in [-0.3, -0.25) is 18.9 Å². The van der Waals surface area contributed by atoms with Crippen molar-refractivity contribution in [3.63, 3.8) is 0 Å². The van der Waals surface area contributed by atoms with Gasteiger partial charge in [0.05, 0.1) is 6.54 Å². The number of carbonyl (C=O) groups is 1. The second-order valence-corrected chi connectivity index (χ2v) is 11.5. The van der Waals surface area contributed by atoms with Gasteiger partial charge in [0.15, 0.2) is 0 Å². The van der Waals surface area contributed by atoms with Crippen LogP contribution in [0.25, 0.3) is 0 Å². The Labute approximate surface area is 258 Å². The summed E-state index contributed by atoms with van der Waals surface area (Å²) < 4.78 is 13.4. The summed E-state index contributed by atoms with van der Waals surface area (Å²) in [4.78, 5) is 41.6. The second-order valence-electron chi connectivity index (χ2n) is 11.5. The van der Waals surface area contributed by atoms with Gasteiger partial charge in [0.2, 0.25) is 0 Å². The van der Waals surface area contributed by atoms with Crippen molar-refractivity contribution in [3.8, 4) is 0 Å². The maximum Gasteiger partial charge on any atom is 0.407 e. The van der Waals surface area contributed by atoms with E-state index in [1.807, 2.05) is 18.2 Å². The number of alkyl carbamates (subject to hydrolysis) is 1. The molecule has 242 valence electrons. The largest absolute Gasteiger partial charge is 0.447 e. The molecule has 0 aliphatic heterocycles. The normalized spacial score (nSPS) is 11.9. The predicted octanol–water partition coefficient (Wildman–Crippen LogP) is 6.65. The highest BCUT2D eigenvalue weighted by molar-refractivity contribution is 5.67. The van der Waals surface area contributed by atoms with E-state index in [4.69, 9.17) is 9.47 Å². The third kappa shape index (κ3) is 16.5. The molecule has 9 heteroatoms. The summed E-state index contributed by atoms with van der Waals surface area (Å²) in [6.45, 7) is 3.24. The summed E-state index contributed by atoms with van der Waals surface area (Å²) in [6, 6.07) is 6.91. The number of methoxy groups -OCH3 is 1. The van der Waals surface area contributed by atoms with Crippen molar-refractivity contribution < 1.29 is 14.3 Å². The SMILES string of the molecule is CCCCCCCCCCCCCCCCCCNC(=O)OCC(Cn1ccc(=O)n(CCc2ccccn2)c1=O)OC. The van der Waals surface area contributed by atoms with Crippen LogP contribution < -0.4 is 16.6 Å². The van der Waals surface area contributed by atoms with E-state index in [2.05, 4.69) is 17.2 Å². The lowest BCUT2D eigenvalue weighted by molar-refractivity contribution is 0.0244. The number of carbonyl (C=O) groups excluding carboxylic acids is 1. The van der Waals surface area contributed by atoms with Gasteiger partial charge in [0.25, 0.3) is 5.56 Å². The van der Waals surface area contributed by atoms with E-state index in [1.54, 1.807) is 6.20 Å². The lowest BCUT2D eigenvalue weighted by atomic mass is 10.0. The Balaban J connectivity index is 1.51. The lowest BCUT2D eigenvalue weighted by Crippen LogP contribution is -2.42. The van der Waals surface area contributed by atoms with Crippen LogP contribution in [-0.2, 0) is 29.0 Å². The zero-order chi connectivity index (χ0) is 31.0. The molecule has 0 fully saturated rings. The molecule has 0 saturated carbocycles. The molecule has 0 saturated heterocycles. The highest BCUT2D eigenvalue weighted by Crippen LogP contribution is 2.13. The van der Waals surface area contributed by atoms with Crippen LogP contribution in [0, 0.1) is 0 Å². The van der Waals surface area contributed by atoms with E-state index >= 15 is 0 Å². The molecule has 0 aromatic carbocycles. The van der Waals surface area contributed by atoms with Crippen LogP contribution in [0.4, 0.5) is 4.79 Å². The monoisotopic (exact) mass is 600 g/mol. The quantitative estimate of drug-likeness (QED) is 0.128. The third-order valence-corrected chi connectivity index (χ3v) is 7.89. The fourth-order valence-electron chi connectivity index (χ4n) is 5.17. The molecule has 0 spiro atoms. The predicted molar refractivity (Wildman–Crippen MR) is 173 cm³/mol. The first-order valence-electron chi connectivity index (χ1n) is 16.7. The van der Waals surface area contributed by atoms with Crippen molar-refractivity contribution in [2.75, 3.05) is 20.3 Å². The van der Waals surface area contributed by atoms with Crippen LogP contribution >= 0.6 is 0 Å². The van der Waals surface area contributed by atoms with Gasteiger partial charge < -0.3 is 14.8 Å². The number of nitrogens with one attached hydrogen (secondary N) is 1. The van der Waals surface area contributed by atoms with Crippen LogP contribution in [0.5, 0.6) is 0 Å². The number of unbranched alkanes of at least 4 members (excludes halogenated alkanes) is 15. The van der Waals surface area contributed by atoms with Crippen LogP contribution in [0.15, 0.2) is 46.2 Å². The van der Waals surface area contributed by atoms with Gasteiger partial charge in [0, 0.05) is 50.8 Å². The van der Waals surface area contributed by atoms with E-state index < -0.39 is 17.9 Å². The van der Waals surface area contributed by atoms with Gasteiger partial charge in [-0.25, -0.2) is 9.59 Å². The van der Waals surface area contributed by atoms with Crippen LogP contribution in [0.2, 0.25) is 0 Å². The molecule has 2 heterocycles. The van der Waals surface area contributed by atoms with Crippen molar-refractivity contribution >= 4 is 6.09 Å². The van der Waals surface area contributed by atoms with Crippen molar-refractivity contribution in [2.45, 2.75) is 135 Å². The molecule has 0 aliphatic carbocycles. The smallest absolute Gasteiger partial charge is 0.407 e. The molecule has 2 aromatic rings. The molecule has 1 unspecified atom stereocenters. The molecule has 1 amide bonds. The number of rotatable bonds is 25. The third-order valence-electron chi connectivity index (χ3n) is 7.89. The zero-order valence-corrected chi connectivity index (χ0v) is 26.8. The molecular formula is C34H56N4O5. The van der Waals surface area contributed by atoms with Crippen LogP contribution in [0.1, 0.15) is 115 Å². The van der Waals surface area contributed by atoms with Gasteiger partial charge in [-0.1, -0.05) is 109 Å². The minimum Gasteiger partial charge on any atom is -0.447 e. The van der Waals surface area contributed by atoms with Crippen LogP contribution in [-0.4, -0.2) is 46.6 Å². The highest BCUT2D eigenvalue weighted by atomic mass is 16.6. The molecule has 43 heavy (non-hydrogen) atoms. The van der Waals surface area contributed by atoms with Crippen molar-refractivity contribution in [1.29, 1.82) is 0 Å². The Morgan fingerprint density at radius 3 is 2.02 bits per heavy atom. The van der Waals surface area contributed by atoms with Gasteiger partial charge in [-0.15, -0.1) is 0 Å². The summed E-state index contributed by atoms with van der Waals surface area (Å²) in [5.41, 5.74) is 0.00672. The molecule has 9 nitrogen and oxygen atoms in total. The summed E-state index contributed by atoms with van der Waals surface area (Å²) in [5, 5.41) is 2.80. The van der Waals surface area contributed by atoms with Gasteiger partial charge in [0.1, 0.15) is 12.7 Å². The number of aromatic nitrogens is 3. The molecular weight excluding hydrogens is 544 g/mol. The van der Waals surface area contributed by atoms with E-state index in [9.17, 15) is 14.4 Å². The van der Waals surface area contributed by atoms with Crippen molar-refractivity contribution in [1.82, 2.24) is 19.4 Å². The number of hydrogen-bond acceptors (Lipinski definition) is 6. The average molecular weight is 601 g/mol. The Kier molecular flexibility index (Phi) is 19.8. The number of aryl methyl sites for hydroxylation is 1. The molecule has 0 radical (unpaired) electrons. The Hall–Kier alpha value is -2.94. The maximum atomic E-state index is 12.9. The number of amides is 1. The zero-order valence-electron chi connectivity index (χ0n) is 26.8. The standard InChI is InChI=1S/C34H56N4O5/c1-3-4-5-6-7-8-9-10-11-12-13-14-15-16-17-19-25-36-33(40)43-29-31(42-2)28-37-26-23-32(39)38(34(37)41)27-22-30-21-18-20-24-35-30/h18,20-21,23-24,26,31H,3-17,19,22,25,27-29H2,1-2H3,(H,36,40). The minimum absolute atomic E-state index is 0.000787. The summed E-state index contributed by atoms with van der Waals surface area (Å²) in [5.74, 6) is 0. The first kappa shape index (κ1) is 36.3. The molecule has 0 aliphatic rings. The number of nitrogens with zero attached hydrogens (tertiary/aromatic N) is 3. The Morgan fingerprint density at radius 1 is 0.860 bits per heavy atom. The summed E-state index contributed by atoms with van der Waals surface area (Å²) >= 11 is 0.